The zero-order valence-corrected chi connectivity index (χ0v) is 17.6. The average molecular weight is 391 g/mol. The Morgan fingerprint density at radius 1 is 1.23 bits per heavy atom. The fourth-order valence-electron chi connectivity index (χ4n) is 2.87. The molecule has 1 atom stereocenters. The van der Waals surface area contributed by atoms with Crippen molar-refractivity contribution in [2.75, 3.05) is 12.4 Å². The highest BCUT2D eigenvalue weighted by Gasteiger charge is 2.22. The lowest BCUT2D eigenvalue weighted by molar-refractivity contribution is 0.0601. The quantitative estimate of drug-likeness (QED) is 0.536. The van der Waals surface area contributed by atoms with Gasteiger partial charge in [0, 0.05) is 4.88 Å². The highest BCUT2D eigenvalue weighted by Crippen LogP contribution is 2.34. The molecule has 1 unspecified atom stereocenters. The second-order valence-electron chi connectivity index (χ2n) is 6.10. The number of methoxy groups -OCH3 is 1. The van der Waals surface area contributed by atoms with Gasteiger partial charge in [-0.2, -0.15) is 0 Å². The fraction of sp³-hybridized carbons (Fsp3) is 0.400. The lowest BCUT2D eigenvalue weighted by Gasteiger charge is -2.17. The van der Waals surface area contributed by atoms with Crippen LogP contribution < -0.4 is 10.6 Å². The van der Waals surface area contributed by atoms with Gasteiger partial charge in [-0.05, 0) is 55.6 Å². The minimum absolute atomic E-state index is 0.0641. The third kappa shape index (κ3) is 4.62. The topological polar surface area (TPSA) is 50.4 Å². The number of aryl methyl sites for hydroxylation is 2. The number of carbonyl (C=O) groups is 1. The van der Waals surface area contributed by atoms with E-state index in [1.165, 1.54) is 24.0 Å². The molecule has 6 heteroatoms. The van der Waals surface area contributed by atoms with E-state index in [0.29, 0.717) is 10.7 Å². The van der Waals surface area contributed by atoms with E-state index in [1.54, 1.807) is 0 Å². The Labute approximate surface area is 165 Å². The Hall–Kier alpha value is -1.92. The summed E-state index contributed by atoms with van der Waals surface area (Å²) in [5.74, 6) is -0.334. The molecule has 26 heavy (non-hydrogen) atoms. The molecular formula is C20H26N2O2S2. The van der Waals surface area contributed by atoms with Gasteiger partial charge in [-0.15, -0.1) is 11.3 Å². The third-order valence-corrected chi connectivity index (χ3v) is 5.70. The van der Waals surface area contributed by atoms with Crippen molar-refractivity contribution in [3.63, 3.8) is 0 Å². The molecule has 1 aromatic carbocycles. The van der Waals surface area contributed by atoms with Gasteiger partial charge in [0.05, 0.1) is 18.7 Å². The second-order valence-corrected chi connectivity index (χ2v) is 7.73. The number of rotatable bonds is 6. The van der Waals surface area contributed by atoms with Crippen molar-refractivity contribution in [3.05, 3.63) is 51.4 Å². The summed E-state index contributed by atoms with van der Waals surface area (Å²) in [6.07, 6.45) is 1.80. The predicted molar refractivity (Wildman–Crippen MR) is 113 cm³/mol. The van der Waals surface area contributed by atoms with Crippen LogP contribution in [0.15, 0.2) is 24.3 Å². The van der Waals surface area contributed by atoms with Gasteiger partial charge >= 0.3 is 5.97 Å². The molecule has 0 aliphatic heterocycles. The monoisotopic (exact) mass is 390 g/mol. The molecule has 0 saturated heterocycles. The van der Waals surface area contributed by atoms with Crippen molar-refractivity contribution in [1.82, 2.24) is 5.32 Å². The normalized spacial score (nSPS) is 11.7. The average Bonchev–Trinajstić information content (AvgIpc) is 2.95. The van der Waals surface area contributed by atoms with Crippen LogP contribution >= 0.6 is 23.6 Å². The van der Waals surface area contributed by atoms with Gasteiger partial charge in [0.2, 0.25) is 0 Å². The van der Waals surface area contributed by atoms with Crippen LogP contribution in [0.2, 0.25) is 0 Å². The second kappa shape index (κ2) is 9.14. The Kier molecular flexibility index (Phi) is 7.17. The number of ether oxygens (including phenoxy) is 1. The maximum atomic E-state index is 12.2. The van der Waals surface area contributed by atoms with Crippen LogP contribution in [0.5, 0.6) is 0 Å². The third-order valence-electron chi connectivity index (χ3n) is 4.41. The molecule has 1 aromatic heterocycles. The number of esters is 1. The Balaban J connectivity index is 2.13. The SMILES string of the molecule is CCc1ccc(C(C)NC(=S)Nc2sc(C)c(CC)c2C(=O)OC)cc1. The fourth-order valence-corrected chi connectivity index (χ4v) is 4.35. The highest BCUT2D eigenvalue weighted by molar-refractivity contribution is 7.80. The molecule has 0 saturated carbocycles. The van der Waals surface area contributed by atoms with E-state index in [2.05, 4.69) is 48.7 Å². The van der Waals surface area contributed by atoms with Gasteiger partial charge < -0.3 is 15.4 Å². The summed E-state index contributed by atoms with van der Waals surface area (Å²) in [7, 11) is 1.40. The van der Waals surface area contributed by atoms with Gasteiger partial charge in [-0.3, -0.25) is 0 Å². The number of thiocarbonyl (C=S) groups is 1. The van der Waals surface area contributed by atoms with Gasteiger partial charge in [0.25, 0.3) is 0 Å². The molecule has 0 bridgehead atoms. The molecule has 0 aliphatic rings. The molecule has 2 aromatic rings. The molecule has 0 spiro atoms. The number of hydrogen-bond acceptors (Lipinski definition) is 4. The molecule has 0 aliphatic carbocycles. The zero-order valence-electron chi connectivity index (χ0n) is 15.9. The molecular weight excluding hydrogens is 364 g/mol. The number of nitrogens with one attached hydrogen (secondary N) is 2. The van der Waals surface area contributed by atoms with Crippen LogP contribution in [-0.4, -0.2) is 18.2 Å². The van der Waals surface area contributed by atoms with Crippen molar-refractivity contribution in [3.8, 4) is 0 Å². The molecule has 0 fully saturated rings. The Bertz CT molecular complexity index is 782. The zero-order chi connectivity index (χ0) is 19.3. The van der Waals surface area contributed by atoms with E-state index in [0.717, 1.165) is 33.8 Å². The standard InChI is InChI=1S/C20H26N2O2S2/c1-6-14-8-10-15(11-9-14)12(3)21-20(25)22-18-17(19(23)24-5)16(7-2)13(4)26-18/h8-12H,6-7H2,1-5H3,(H2,21,22,25). The van der Waals surface area contributed by atoms with E-state index in [9.17, 15) is 4.79 Å². The predicted octanol–water partition coefficient (Wildman–Crippen LogP) is 5.02. The summed E-state index contributed by atoms with van der Waals surface area (Å²) in [6, 6.07) is 8.56. The van der Waals surface area contributed by atoms with Crippen molar-refractivity contribution < 1.29 is 9.53 Å². The minimum Gasteiger partial charge on any atom is -0.465 e. The van der Waals surface area contributed by atoms with Crippen molar-refractivity contribution in [2.24, 2.45) is 0 Å². The molecule has 2 rings (SSSR count). The van der Waals surface area contributed by atoms with Crippen molar-refractivity contribution in [2.45, 2.75) is 46.6 Å². The number of carbonyl (C=O) groups excluding carboxylic acids is 1. The Morgan fingerprint density at radius 3 is 2.42 bits per heavy atom. The lowest BCUT2D eigenvalue weighted by atomic mass is 10.1. The van der Waals surface area contributed by atoms with Crippen LogP contribution in [0.25, 0.3) is 0 Å². The van der Waals surface area contributed by atoms with Gasteiger partial charge in [0.1, 0.15) is 5.00 Å². The van der Waals surface area contributed by atoms with Gasteiger partial charge in [-0.25, -0.2) is 4.79 Å². The Morgan fingerprint density at radius 2 is 1.88 bits per heavy atom. The number of benzene rings is 1. The lowest BCUT2D eigenvalue weighted by Crippen LogP contribution is -2.31. The van der Waals surface area contributed by atoms with Crippen LogP contribution in [-0.2, 0) is 17.6 Å². The van der Waals surface area contributed by atoms with E-state index in [1.807, 2.05) is 13.8 Å². The van der Waals surface area contributed by atoms with Gasteiger partial charge in [0.15, 0.2) is 5.11 Å². The molecule has 0 radical (unpaired) electrons. The first-order valence-electron chi connectivity index (χ1n) is 8.78. The van der Waals surface area contributed by atoms with E-state index in [4.69, 9.17) is 17.0 Å². The largest absolute Gasteiger partial charge is 0.465 e. The molecule has 2 N–H and O–H groups in total. The summed E-state index contributed by atoms with van der Waals surface area (Å²) >= 11 is 6.99. The molecule has 140 valence electrons. The summed E-state index contributed by atoms with van der Waals surface area (Å²) in [5.41, 5.74) is 4.07. The number of thiophene rings is 1. The number of anilines is 1. The maximum Gasteiger partial charge on any atom is 0.341 e. The first-order chi connectivity index (χ1) is 12.4. The van der Waals surface area contributed by atoms with Crippen molar-refractivity contribution >= 4 is 39.6 Å². The van der Waals surface area contributed by atoms with Crippen molar-refractivity contribution in [1.29, 1.82) is 0 Å². The van der Waals surface area contributed by atoms with Gasteiger partial charge in [-0.1, -0.05) is 38.1 Å². The van der Waals surface area contributed by atoms with E-state index < -0.39 is 0 Å². The van der Waals surface area contributed by atoms with Crippen LogP contribution in [0.1, 0.15) is 58.7 Å². The highest BCUT2D eigenvalue weighted by atomic mass is 32.1. The summed E-state index contributed by atoms with van der Waals surface area (Å²) in [4.78, 5) is 13.3. The van der Waals surface area contributed by atoms with Crippen LogP contribution in [0, 0.1) is 6.92 Å². The molecule has 0 amide bonds. The van der Waals surface area contributed by atoms with Crippen LogP contribution in [0.4, 0.5) is 5.00 Å². The molecule has 1 heterocycles. The molecule has 4 nitrogen and oxygen atoms in total. The van der Waals surface area contributed by atoms with Crippen LogP contribution in [0.3, 0.4) is 0 Å². The minimum atomic E-state index is -0.334. The smallest absolute Gasteiger partial charge is 0.341 e. The number of hydrogen-bond donors (Lipinski definition) is 2. The van der Waals surface area contributed by atoms with E-state index in [-0.39, 0.29) is 12.0 Å². The maximum absolute atomic E-state index is 12.2. The summed E-state index contributed by atoms with van der Waals surface area (Å²) < 4.78 is 4.95. The van der Waals surface area contributed by atoms with E-state index >= 15 is 0 Å². The summed E-state index contributed by atoms with van der Waals surface area (Å²) in [5, 5.41) is 7.70. The first kappa shape index (κ1) is 20.4. The first-order valence-corrected chi connectivity index (χ1v) is 10.0. The summed E-state index contributed by atoms with van der Waals surface area (Å²) in [6.45, 7) is 8.24.